The van der Waals surface area contributed by atoms with E-state index in [-0.39, 0.29) is 38.0 Å². The minimum atomic E-state index is -4.87. The summed E-state index contributed by atoms with van der Waals surface area (Å²) in [5, 5.41) is 10.6. The lowest BCUT2D eigenvalue weighted by atomic mass is 9.71. The number of aliphatic hydroxyl groups is 1. The third-order valence-electron chi connectivity index (χ3n) is 4.25. The molecule has 0 aromatic heterocycles. The van der Waals surface area contributed by atoms with Gasteiger partial charge in [-0.15, -0.1) is 0 Å². The molecular formula is C12H27NO7P2. The summed E-state index contributed by atoms with van der Waals surface area (Å²) in [6.45, 7) is 7.25. The van der Waals surface area contributed by atoms with Gasteiger partial charge in [0.2, 0.25) is 5.52 Å². The van der Waals surface area contributed by atoms with E-state index in [1.807, 2.05) is 20.8 Å². The maximum absolute atomic E-state index is 12.2. The van der Waals surface area contributed by atoms with Gasteiger partial charge in [-0.1, -0.05) is 20.8 Å². The van der Waals surface area contributed by atoms with Gasteiger partial charge in [0.25, 0.3) is 0 Å². The van der Waals surface area contributed by atoms with Gasteiger partial charge in [0.1, 0.15) is 0 Å². The second-order valence-corrected chi connectivity index (χ2v) is 10.7. The van der Waals surface area contributed by atoms with Crippen LogP contribution in [-0.2, 0) is 13.7 Å². The normalized spacial score (nSPS) is 24.7. The average molecular weight is 359 g/mol. The van der Waals surface area contributed by atoms with Crippen molar-refractivity contribution in [3.05, 3.63) is 0 Å². The number of piperidine rings is 1. The predicted octanol–water partition coefficient (Wildman–Crippen LogP) is 1.54. The van der Waals surface area contributed by atoms with Crippen molar-refractivity contribution >= 4 is 15.2 Å². The van der Waals surface area contributed by atoms with Crippen molar-refractivity contribution < 1.29 is 33.4 Å². The molecule has 0 amide bonds. The zero-order chi connectivity index (χ0) is 17.4. The second kappa shape index (κ2) is 6.61. The Bertz CT molecular complexity index is 476. The fraction of sp³-hybridized carbons (Fsp3) is 1.00. The highest BCUT2D eigenvalue weighted by Gasteiger charge is 2.52. The molecule has 1 saturated heterocycles. The first-order valence-corrected chi connectivity index (χ1v) is 10.6. The first kappa shape index (κ1) is 20.3. The molecular weight excluding hydrogens is 332 g/mol. The van der Waals surface area contributed by atoms with Crippen LogP contribution in [0.4, 0.5) is 0 Å². The standard InChI is InChI=1S/C12H27NO7P2/c1-5-20-22(18,19)10(21(15,16)17)13-8-6-12(14,7-9-13)11(2,3)4/h10,14H,5-9H2,1-4H3,(H,18,19)(H2,15,16,17). The Hall–Kier alpha value is 0.220. The van der Waals surface area contributed by atoms with Crippen LogP contribution >= 0.6 is 15.2 Å². The third kappa shape index (κ3) is 4.40. The Morgan fingerprint density at radius 3 is 1.95 bits per heavy atom. The largest absolute Gasteiger partial charge is 0.389 e. The van der Waals surface area contributed by atoms with Gasteiger partial charge in [-0.25, -0.2) is 0 Å². The maximum Gasteiger partial charge on any atom is 0.357 e. The minimum Gasteiger partial charge on any atom is -0.389 e. The van der Waals surface area contributed by atoms with Gasteiger partial charge in [-0.2, -0.15) is 0 Å². The van der Waals surface area contributed by atoms with Crippen LogP contribution in [0.1, 0.15) is 40.5 Å². The summed E-state index contributed by atoms with van der Waals surface area (Å²) >= 11 is 0. The lowest BCUT2D eigenvalue weighted by Crippen LogP contribution is -2.53. The zero-order valence-corrected chi connectivity index (χ0v) is 15.3. The molecule has 8 nitrogen and oxygen atoms in total. The van der Waals surface area contributed by atoms with Gasteiger partial charge in [-0.05, 0) is 25.2 Å². The van der Waals surface area contributed by atoms with E-state index in [4.69, 9.17) is 4.52 Å². The Labute approximate surface area is 131 Å². The summed E-state index contributed by atoms with van der Waals surface area (Å²) in [5.41, 5.74) is -3.25. The number of hydrogen-bond acceptors (Lipinski definition) is 5. The molecule has 1 aliphatic rings. The Morgan fingerprint density at radius 2 is 1.64 bits per heavy atom. The Morgan fingerprint density at radius 1 is 1.18 bits per heavy atom. The molecule has 0 bridgehead atoms. The van der Waals surface area contributed by atoms with Crippen LogP contribution in [0.5, 0.6) is 0 Å². The smallest absolute Gasteiger partial charge is 0.357 e. The first-order chi connectivity index (χ1) is 9.74. The Balaban J connectivity index is 2.99. The molecule has 132 valence electrons. The SMILES string of the molecule is CCOP(=O)(O)C(N1CCC(O)(C(C)(C)C)CC1)P(=O)(O)O. The summed E-state index contributed by atoms with van der Waals surface area (Å²) in [7, 11) is -9.37. The Kier molecular flexibility index (Phi) is 6.09. The van der Waals surface area contributed by atoms with E-state index in [9.17, 15) is 28.9 Å². The summed E-state index contributed by atoms with van der Waals surface area (Å²) in [6.07, 6.45) is 0.526. The molecule has 0 aliphatic carbocycles. The van der Waals surface area contributed by atoms with Gasteiger partial charge in [0.05, 0.1) is 12.2 Å². The molecule has 2 unspecified atom stereocenters. The van der Waals surface area contributed by atoms with Crippen LogP contribution in [0, 0.1) is 5.41 Å². The van der Waals surface area contributed by atoms with E-state index in [1.54, 1.807) is 0 Å². The van der Waals surface area contributed by atoms with Crippen LogP contribution in [0.2, 0.25) is 0 Å². The molecule has 2 atom stereocenters. The minimum absolute atomic E-state index is 0.112. The second-order valence-electron chi connectivity index (χ2n) is 6.73. The molecule has 1 rings (SSSR count). The van der Waals surface area contributed by atoms with Gasteiger partial charge in [0, 0.05) is 13.1 Å². The van der Waals surface area contributed by atoms with Crippen LogP contribution in [-0.4, -0.2) is 55.5 Å². The van der Waals surface area contributed by atoms with E-state index in [1.165, 1.54) is 11.8 Å². The molecule has 10 heteroatoms. The van der Waals surface area contributed by atoms with E-state index in [2.05, 4.69) is 0 Å². The van der Waals surface area contributed by atoms with Crippen LogP contribution in [0.15, 0.2) is 0 Å². The van der Waals surface area contributed by atoms with E-state index < -0.39 is 26.3 Å². The van der Waals surface area contributed by atoms with Crippen molar-refractivity contribution in [3.63, 3.8) is 0 Å². The van der Waals surface area contributed by atoms with Crippen LogP contribution in [0.3, 0.4) is 0 Å². The van der Waals surface area contributed by atoms with Gasteiger partial charge < -0.3 is 24.3 Å². The highest BCUT2D eigenvalue weighted by Crippen LogP contribution is 2.64. The maximum atomic E-state index is 12.2. The average Bonchev–Trinajstić information content (AvgIpc) is 2.28. The number of rotatable bonds is 5. The van der Waals surface area contributed by atoms with Gasteiger partial charge >= 0.3 is 15.2 Å². The summed E-state index contributed by atoms with van der Waals surface area (Å²) < 4.78 is 28.5. The first-order valence-electron chi connectivity index (χ1n) is 7.23. The highest BCUT2D eigenvalue weighted by atomic mass is 31.2. The summed E-state index contributed by atoms with van der Waals surface area (Å²) in [5.74, 6) is 0. The molecule has 0 radical (unpaired) electrons. The summed E-state index contributed by atoms with van der Waals surface area (Å²) in [6, 6.07) is 0. The van der Waals surface area contributed by atoms with Crippen molar-refractivity contribution in [1.29, 1.82) is 0 Å². The topological polar surface area (TPSA) is 128 Å². The highest BCUT2D eigenvalue weighted by molar-refractivity contribution is 7.71. The third-order valence-corrected chi connectivity index (χ3v) is 8.50. The monoisotopic (exact) mass is 359 g/mol. The summed E-state index contributed by atoms with van der Waals surface area (Å²) in [4.78, 5) is 30.1. The van der Waals surface area contributed by atoms with E-state index in [0.29, 0.717) is 0 Å². The molecule has 0 aromatic carbocycles. The van der Waals surface area contributed by atoms with E-state index >= 15 is 0 Å². The molecule has 22 heavy (non-hydrogen) atoms. The van der Waals surface area contributed by atoms with Crippen molar-refractivity contribution in [2.24, 2.45) is 5.41 Å². The zero-order valence-electron chi connectivity index (χ0n) is 13.5. The molecule has 4 N–H and O–H groups in total. The lowest BCUT2D eigenvalue weighted by Gasteiger charge is -2.47. The molecule has 1 heterocycles. The number of hydrogen-bond donors (Lipinski definition) is 4. The lowest BCUT2D eigenvalue weighted by molar-refractivity contribution is -0.0992. The van der Waals surface area contributed by atoms with Crippen molar-refractivity contribution in [1.82, 2.24) is 4.90 Å². The predicted molar refractivity (Wildman–Crippen MR) is 82.5 cm³/mol. The van der Waals surface area contributed by atoms with Crippen molar-refractivity contribution in [3.8, 4) is 0 Å². The number of likely N-dealkylation sites (tertiary alicyclic amines) is 1. The van der Waals surface area contributed by atoms with Crippen molar-refractivity contribution in [2.45, 2.75) is 51.7 Å². The molecule has 0 spiro atoms. The van der Waals surface area contributed by atoms with Crippen LogP contribution in [0.25, 0.3) is 0 Å². The van der Waals surface area contributed by atoms with Crippen LogP contribution < -0.4 is 0 Å². The fourth-order valence-corrected chi connectivity index (χ4v) is 6.26. The molecule has 1 fully saturated rings. The molecule has 1 aliphatic heterocycles. The van der Waals surface area contributed by atoms with Gasteiger partial charge in [-0.3, -0.25) is 14.0 Å². The molecule has 0 aromatic rings. The fourth-order valence-electron chi connectivity index (χ4n) is 2.74. The van der Waals surface area contributed by atoms with Crippen molar-refractivity contribution in [2.75, 3.05) is 19.7 Å². The number of nitrogens with zero attached hydrogens (tertiary/aromatic N) is 1. The molecule has 0 saturated carbocycles. The van der Waals surface area contributed by atoms with Gasteiger partial charge in [0.15, 0.2) is 0 Å². The van der Waals surface area contributed by atoms with E-state index in [0.717, 1.165) is 0 Å². The quantitative estimate of drug-likeness (QED) is 0.544.